The van der Waals surface area contributed by atoms with Gasteiger partial charge >= 0.3 is 0 Å². The molecule has 2 rings (SSSR count). The summed E-state index contributed by atoms with van der Waals surface area (Å²) in [5.41, 5.74) is 7.38. The van der Waals surface area contributed by atoms with Crippen LogP contribution in [-0.2, 0) is 6.54 Å². The van der Waals surface area contributed by atoms with Crippen molar-refractivity contribution in [1.29, 1.82) is 0 Å². The molecule has 1 aromatic heterocycles. The van der Waals surface area contributed by atoms with E-state index in [0.717, 1.165) is 16.0 Å². The van der Waals surface area contributed by atoms with Crippen LogP contribution in [-0.4, -0.2) is 15.2 Å². The Morgan fingerprint density at radius 1 is 1.47 bits per heavy atom. The van der Waals surface area contributed by atoms with Gasteiger partial charge < -0.3 is 11.1 Å². The van der Waals surface area contributed by atoms with Gasteiger partial charge in [-0.2, -0.15) is 5.10 Å². The number of nitrogens with zero attached hydrogens (tertiary/aromatic N) is 2. The first-order chi connectivity index (χ1) is 7.25. The summed E-state index contributed by atoms with van der Waals surface area (Å²) in [7, 11) is 0. The van der Waals surface area contributed by atoms with Crippen LogP contribution >= 0.6 is 15.9 Å². The monoisotopic (exact) mass is 267 g/mol. The summed E-state index contributed by atoms with van der Waals surface area (Å²) in [6.45, 7) is 0.570. The highest BCUT2D eigenvalue weighted by Gasteiger charge is 2.00. The molecule has 0 saturated heterocycles. The van der Waals surface area contributed by atoms with Crippen molar-refractivity contribution in [1.82, 2.24) is 15.2 Å². The molecule has 0 aliphatic carbocycles. The van der Waals surface area contributed by atoms with Crippen molar-refractivity contribution < 1.29 is 0 Å². The number of nitrogens with one attached hydrogen (secondary N) is 2. The molecular weight excluding hydrogens is 258 g/mol. The standard InChI is InChI=1S/C9H10BrN5/c10-6-1-2-7(11)8(3-6)12-4-9-13-5-14-15-9/h1-3,5,12H,4,11H2,(H,13,14,15). The van der Waals surface area contributed by atoms with Crippen LogP contribution in [0.25, 0.3) is 0 Å². The molecule has 0 radical (unpaired) electrons. The van der Waals surface area contributed by atoms with Crippen LogP contribution in [0.15, 0.2) is 29.0 Å². The first-order valence-corrected chi connectivity index (χ1v) is 5.18. The average Bonchev–Trinajstić information content (AvgIpc) is 2.72. The summed E-state index contributed by atoms with van der Waals surface area (Å²) in [6.07, 6.45) is 1.47. The van der Waals surface area contributed by atoms with E-state index in [1.54, 1.807) is 0 Å². The Morgan fingerprint density at radius 2 is 2.33 bits per heavy atom. The number of rotatable bonds is 3. The fourth-order valence-electron chi connectivity index (χ4n) is 1.18. The van der Waals surface area contributed by atoms with E-state index in [2.05, 4.69) is 36.4 Å². The molecule has 0 saturated carbocycles. The first kappa shape index (κ1) is 9.97. The van der Waals surface area contributed by atoms with Crippen LogP contribution in [0, 0.1) is 0 Å². The van der Waals surface area contributed by atoms with Crippen LogP contribution < -0.4 is 11.1 Å². The maximum Gasteiger partial charge on any atom is 0.143 e. The van der Waals surface area contributed by atoms with Crippen molar-refractivity contribution in [3.8, 4) is 0 Å². The van der Waals surface area contributed by atoms with Gasteiger partial charge in [0.15, 0.2) is 0 Å². The second-order valence-corrected chi connectivity index (χ2v) is 3.93. The number of benzene rings is 1. The lowest BCUT2D eigenvalue weighted by Gasteiger charge is -2.07. The number of nitrogens with two attached hydrogens (primary N) is 1. The molecule has 5 nitrogen and oxygen atoms in total. The van der Waals surface area contributed by atoms with Gasteiger partial charge in [0.2, 0.25) is 0 Å². The number of hydrogen-bond donors (Lipinski definition) is 3. The maximum absolute atomic E-state index is 5.80. The fraction of sp³-hybridized carbons (Fsp3) is 0.111. The van der Waals surface area contributed by atoms with E-state index >= 15 is 0 Å². The molecule has 0 aliphatic rings. The first-order valence-electron chi connectivity index (χ1n) is 4.39. The van der Waals surface area contributed by atoms with Crippen LogP contribution in [0.4, 0.5) is 11.4 Å². The summed E-state index contributed by atoms with van der Waals surface area (Å²) in [4.78, 5) is 4.00. The number of halogens is 1. The quantitative estimate of drug-likeness (QED) is 0.741. The van der Waals surface area contributed by atoms with Gasteiger partial charge in [0.1, 0.15) is 12.2 Å². The second kappa shape index (κ2) is 4.31. The van der Waals surface area contributed by atoms with Gasteiger partial charge in [0.05, 0.1) is 17.9 Å². The third-order valence-corrected chi connectivity index (χ3v) is 2.42. The van der Waals surface area contributed by atoms with Crippen LogP contribution in [0.2, 0.25) is 0 Å². The Balaban J connectivity index is 2.07. The molecule has 1 aromatic carbocycles. The zero-order valence-corrected chi connectivity index (χ0v) is 9.45. The number of hydrogen-bond acceptors (Lipinski definition) is 4. The lowest BCUT2D eigenvalue weighted by molar-refractivity contribution is 0.955. The highest BCUT2D eigenvalue weighted by molar-refractivity contribution is 9.10. The van der Waals surface area contributed by atoms with Crippen LogP contribution in [0.3, 0.4) is 0 Å². The minimum absolute atomic E-state index is 0.570. The maximum atomic E-state index is 5.80. The average molecular weight is 268 g/mol. The molecule has 0 spiro atoms. The third-order valence-electron chi connectivity index (χ3n) is 1.93. The SMILES string of the molecule is Nc1ccc(Br)cc1NCc1ncn[nH]1. The summed E-state index contributed by atoms with van der Waals surface area (Å²) < 4.78 is 0.983. The van der Waals surface area contributed by atoms with Crippen molar-refractivity contribution >= 4 is 27.3 Å². The number of anilines is 2. The topological polar surface area (TPSA) is 79.6 Å². The molecule has 6 heteroatoms. The van der Waals surface area contributed by atoms with Crippen LogP contribution in [0.5, 0.6) is 0 Å². The Kier molecular flexibility index (Phi) is 2.86. The van der Waals surface area contributed by atoms with E-state index in [1.165, 1.54) is 6.33 Å². The normalized spacial score (nSPS) is 10.2. The van der Waals surface area contributed by atoms with Crippen molar-refractivity contribution in [2.45, 2.75) is 6.54 Å². The number of H-pyrrole nitrogens is 1. The Hall–Kier alpha value is -1.56. The second-order valence-electron chi connectivity index (χ2n) is 3.02. The molecule has 1 heterocycles. The highest BCUT2D eigenvalue weighted by atomic mass is 79.9. The highest BCUT2D eigenvalue weighted by Crippen LogP contribution is 2.23. The summed E-state index contributed by atoms with van der Waals surface area (Å²) >= 11 is 3.38. The zero-order valence-electron chi connectivity index (χ0n) is 7.87. The van der Waals surface area contributed by atoms with E-state index in [9.17, 15) is 0 Å². The number of nitrogen functional groups attached to an aromatic ring is 1. The van der Waals surface area contributed by atoms with Crippen LogP contribution in [0.1, 0.15) is 5.82 Å². The largest absolute Gasteiger partial charge is 0.397 e. The van der Waals surface area contributed by atoms with Gasteiger partial charge in [-0.25, -0.2) is 4.98 Å². The fourth-order valence-corrected chi connectivity index (χ4v) is 1.54. The minimum Gasteiger partial charge on any atom is -0.397 e. The van der Waals surface area contributed by atoms with E-state index in [4.69, 9.17) is 5.73 Å². The molecule has 0 amide bonds. The number of aromatic amines is 1. The minimum atomic E-state index is 0.570. The Labute approximate surface area is 95.2 Å². The molecule has 15 heavy (non-hydrogen) atoms. The summed E-state index contributed by atoms with van der Waals surface area (Å²) in [5, 5.41) is 9.69. The molecule has 0 fully saturated rings. The predicted octanol–water partition coefficient (Wildman–Crippen LogP) is 1.76. The lowest BCUT2D eigenvalue weighted by Crippen LogP contribution is -2.03. The molecule has 0 aliphatic heterocycles. The summed E-state index contributed by atoms with van der Waals surface area (Å²) in [6, 6.07) is 5.66. The number of aromatic nitrogens is 3. The van der Waals surface area contributed by atoms with Gasteiger partial charge in [0, 0.05) is 4.47 Å². The van der Waals surface area contributed by atoms with E-state index in [-0.39, 0.29) is 0 Å². The third kappa shape index (κ3) is 2.47. The molecule has 2 aromatic rings. The Bertz CT molecular complexity index is 440. The van der Waals surface area contributed by atoms with Gasteiger partial charge in [-0.15, -0.1) is 0 Å². The van der Waals surface area contributed by atoms with Gasteiger partial charge in [-0.05, 0) is 18.2 Å². The van der Waals surface area contributed by atoms with Crippen molar-refractivity contribution in [2.24, 2.45) is 0 Å². The molecular formula is C9H10BrN5. The summed E-state index contributed by atoms with van der Waals surface area (Å²) in [5.74, 6) is 0.773. The molecule has 0 bridgehead atoms. The molecule has 0 atom stereocenters. The molecule has 78 valence electrons. The van der Waals surface area contributed by atoms with Gasteiger partial charge in [0.25, 0.3) is 0 Å². The molecule has 0 unspecified atom stereocenters. The van der Waals surface area contributed by atoms with Crippen molar-refractivity contribution in [3.63, 3.8) is 0 Å². The van der Waals surface area contributed by atoms with E-state index < -0.39 is 0 Å². The smallest absolute Gasteiger partial charge is 0.143 e. The zero-order chi connectivity index (χ0) is 10.7. The lowest BCUT2D eigenvalue weighted by atomic mass is 10.2. The predicted molar refractivity (Wildman–Crippen MR) is 62.3 cm³/mol. The van der Waals surface area contributed by atoms with Gasteiger partial charge in [-0.3, -0.25) is 5.10 Å². The van der Waals surface area contributed by atoms with Gasteiger partial charge in [-0.1, -0.05) is 15.9 Å². The van der Waals surface area contributed by atoms with E-state index in [0.29, 0.717) is 12.2 Å². The Morgan fingerprint density at radius 3 is 3.07 bits per heavy atom. The van der Waals surface area contributed by atoms with E-state index in [1.807, 2.05) is 18.2 Å². The molecule has 4 N–H and O–H groups in total. The van der Waals surface area contributed by atoms with Crippen molar-refractivity contribution in [3.05, 3.63) is 34.8 Å². The van der Waals surface area contributed by atoms with Crippen molar-refractivity contribution in [2.75, 3.05) is 11.1 Å².